The Morgan fingerprint density at radius 2 is 1.73 bits per heavy atom. The number of halogens is 2. The normalized spacial score (nSPS) is 14.7. The summed E-state index contributed by atoms with van der Waals surface area (Å²) >= 11 is 8.55. The molecule has 0 aliphatic carbocycles. The third-order valence-electron chi connectivity index (χ3n) is 7.49. The van der Waals surface area contributed by atoms with Crippen LogP contribution in [0.1, 0.15) is 36.6 Å². The molecule has 4 aromatic carbocycles. The second-order valence-electron chi connectivity index (χ2n) is 10.3. The number of carbonyl (C=O) groups excluding carboxylic acids is 1. The quantitative estimate of drug-likeness (QED) is 0.159. The molecular weight excluding hydrogens is 720 g/mol. The van der Waals surface area contributed by atoms with E-state index < -0.39 is 12.0 Å². The van der Waals surface area contributed by atoms with Crippen molar-refractivity contribution in [3.8, 4) is 11.5 Å². The van der Waals surface area contributed by atoms with Gasteiger partial charge in [-0.15, -0.1) is 0 Å². The van der Waals surface area contributed by atoms with Gasteiger partial charge in [0.05, 0.1) is 38.5 Å². The maximum Gasteiger partial charge on any atom is 0.338 e. The number of thiazole rings is 1. The van der Waals surface area contributed by atoms with Crippen LogP contribution in [0.2, 0.25) is 0 Å². The Kier molecular flexibility index (Phi) is 9.07. The number of allylic oxidation sites excluding steroid dienone is 1. The van der Waals surface area contributed by atoms with Crippen molar-refractivity contribution in [3.05, 3.63) is 135 Å². The summed E-state index contributed by atoms with van der Waals surface area (Å²) in [6, 6.07) is 24.6. The average molecular weight is 748 g/mol. The SMILES string of the molecule is CCOC(=O)C1=C(C)N=c2s/c(=C\c3cc(Br)c(OCc4ccccc4)c(Br)c3)c(=O)n2[C@H]1c1c(OC)ccc2ccccc12. The molecule has 2 heterocycles. The fourth-order valence-corrected chi connectivity index (χ4v) is 7.98. The van der Waals surface area contributed by atoms with E-state index in [-0.39, 0.29) is 12.2 Å². The molecule has 228 valence electrons. The van der Waals surface area contributed by atoms with Crippen LogP contribution in [0.3, 0.4) is 0 Å². The molecule has 0 unspecified atom stereocenters. The lowest BCUT2D eigenvalue weighted by Crippen LogP contribution is -2.40. The maximum atomic E-state index is 14.3. The van der Waals surface area contributed by atoms with Crippen molar-refractivity contribution in [3.63, 3.8) is 0 Å². The Hall–Kier alpha value is -3.99. The van der Waals surface area contributed by atoms with E-state index in [1.807, 2.05) is 84.9 Å². The van der Waals surface area contributed by atoms with Crippen LogP contribution in [0.4, 0.5) is 0 Å². The van der Waals surface area contributed by atoms with Crippen LogP contribution in [0.15, 0.2) is 109 Å². The number of rotatable bonds is 8. The van der Waals surface area contributed by atoms with Crippen molar-refractivity contribution in [1.82, 2.24) is 4.57 Å². The van der Waals surface area contributed by atoms with Gasteiger partial charge in [0.1, 0.15) is 24.1 Å². The number of benzene rings is 4. The van der Waals surface area contributed by atoms with Gasteiger partial charge in [-0.05, 0) is 91.9 Å². The first-order valence-corrected chi connectivity index (χ1v) is 16.6. The second-order valence-corrected chi connectivity index (χ2v) is 13.0. The fraction of sp³-hybridized carbons (Fsp3) is 0.171. The Morgan fingerprint density at radius 3 is 2.44 bits per heavy atom. The number of ether oxygens (including phenoxy) is 3. The first-order chi connectivity index (χ1) is 21.8. The van der Waals surface area contributed by atoms with Gasteiger partial charge >= 0.3 is 5.97 Å². The summed E-state index contributed by atoms with van der Waals surface area (Å²) in [5.74, 6) is 0.700. The summed E-state index contributed by atoms with van der Waals surface area (Å²) < 4.78 is 20.9. The molecule has 0 saturated carbocycles. The second kappa shape index (κ2) is 13.2. The number of carbonyl (C=O) groups is 1. The van der Waals surface area contributed by atoms with E-state index >= 15 is 0 Å². The maximum absolute atomic E-state index is 14.3. The number of hydrogen-bond acceptors (Lipinski definition) is 7. The molecule has 10 heteroatoms. The van der Waals surface area contributed by atoms with Crippen molar-refractivity contribution in [2.45, 2.75) is 26.5 Å². The predicted molar refractivity (Wildman–Crippen MR) is 184 cm³/mol. The van der Waals surface area contributed by atoms with Crippen LogP contribution in [0.5, 0.6) is 11.5 Å². The molecule has 0 fully saturated rings. The topological polar surface area (TPSA) is 79.1 Å². The molecule has 45 heavy (non-hydrogen) atoms. The average Bonchev–Trinajstić information content (AvgIpc) is 3.33. The van der Waals surface area contributed by atoms with Crippen LogP contribution in [-0.2, 0) is 16.1 Å². The van der Waals surface area contributed by atoms with Crippen molar-refractivity contribution in [1.29, 1.82) is 0 Å². The van der Waals surface area contributed by atoms with Crippen molar-refractivity contribution in [2.75, 3.05) is 13.7 Å². The molecule has 0 saturated heterocycles. The highest BCUT2D eigenvalue weighted by Crippen LogP contribution is 2.40. The molecule has 0 bridgehead atoms. The Morgan fingerprint density at radius 1 is 1.02 bits per heavy atom. The van der Waals surface area contributed by atoms with E-state index in [1.54, 1.807) is 25.5 Å². The zero-order valence-electron chi connectivity index (χ0n) is 24.7. The van der Waals surface area contributed by atoms with E-state index in [9.17, 15) is 9.59 Å². The van der Waals surface area contributed by atoms with Crippen LogP contribution >= 0.6 is 43.2 Å². The summed E-state index contributed by atoms with van der Waals surface area (Å²) in [6.07, 6.45) is 1.82. The number of fused-ring (bicyclic) bond motifs is 2. The van der Waals surface area contributed by atoms with E-state index in [4.69, 9.17) is 19.2 Å². The number of methoxy groups -OCH3 is 1. The molecule has 1 aliphatic heterocycles. The highest BCUT2D eigenvalue weighted by molar-refractivity contribution is 9.11. The van der Waals surface area contributed by atoms with Gasteiger partial charge in [-0.25, -0.2) is 9.79 Å². The van der Waals surface area contributed by atoms with Crippen LogP contribution in [0, 0.1) is 0 Å². The first kappa shape index (κ1) is 31.0. The molecule has 7 nitrogen and oxygen atoms in total. The fourth-order valence-electron chi connectivity index (χ4n) is 5.48. The third kappa shape index (κ3) is 6.02. The zero-order valence-corrected chi connectivity index (χ0v) is 28.7. The number of hydrogen-bond donors (Lipinski definition) is 0. The largest absolute Gasteiger partial charge is 0.496 e. The van der Waals surface area contributed by atoms with Gasteiger partial charge in [-0.3, -0.25) is 9.36 Å². The Bertz CT molecular complexity index is 2130. The molecule has 1 atom stereocenters. The summed E-state index contributed by atoms with van der Waals surface area (Å²) in [6.45, 7) is 4.13. The van der Waals surface area contributed by atoms with Crippen molar-refractivity contribution >= 4 is 66.0 Å². The van der Waals surface area contributed by atoms with Crippen LogP contribution < -0.4 is 24.4 Å². The predicted octanol–water partition coefficient (Wildman–Crippen LogP) is 7.06. The van der Waals surface area contributed by atoms with Crippen LogP contribution in [0.25, 0.3) is 16.8 Å². The molecule has 6 rings (SSSR count). The summed E-state index contributed by atoms with van der Waals surface area (Å²) in [7, 11) is 1.58. The third-order valence-corrected chi connectivity index (χ3v) is 9.65. The highest BCUT2D eigenvalue weighted by atomic mass is 79.9. The Labute approximate surface area is 280 Å². The first-order valence-electron chi connectivity index (χ1n) is 14.2. The monoisotopic (exact) mass is 746 g/mol. The molecule has 0 spiro atoms. The van der Waals surface area contributed by atoms with Crippen molar-refractivity contribution < 1.29 is 19.0 Å². The minimum absolute atomic E-state index is 0.189. The molecular formula is C35H28Br2N2O5S. The van der Waals surface area contributed by atoms with Gasteiger partial charge < -0.3 is 14.2 Å². The number of aromatic nitrogens is 1. The minimum Gasteiger partial charge on any atom is -0.496 e. The van der Waals surface area contributed by atoms with E-state index in [1.165, 1.54) is 11.3 Å². The highest BCUT2D eigenvalue weighted by Gasteiger charge is 2.36. The van der Waals surface area contributed by atoms with Crippen LogP contribution in [-0.4, -0.2) is 24.3 Å². The molecule has 0 amide bonds. The molecule has 0 N–H and O–H groups in total. The minimum atomic E-state index is -0.810. The van der Waals surface area contributed by atoms with Crippen molar-refractivity contribution in [2.24, 2.45) is 4.99 Å². The van der Waals surface area contributed by atoms with Gasteiger partial charge in [-0.2, -0.15) is 0 Å². The summed E-state index contributed by atoms with van der Waals surface area (Å²) in [5.41, 5.74) is 3.06. The molecule has 0 radical (unpaired) electrons. The van der Waals surface area contributed by atoms with E-state index in [0.717, 1.165) is 30.8 Å². The molecule has 1 aliphatic rings. The number of nitrogens with zero attached hydrogens (tertiary/aromatic N) is 2. The zero-order chi connectivity index (χ0) is 31.7. The number of esters is 1. The van der Waals surface area contributed by atoms with E-state index in [0.29, 0.717) is 44.3 Å². The van der Waals surface area contributed by atoms with Gasteiger partial charge in [0, 0.05) is 5.56 Å². The summed E-state index contributed by atoms with van der Waals surface area (Å²) in [4.78, 5) is 33.0. The Balaban J connectivity index is 1.50. The van der Waals surface area contributed by atoms with E-state index in [2.05, 4.69) is 31.9 Å². The summed E-state index contributed by atoms with van der Waals surface area (Å²) in [5, 5.41) is 1.82. The molecule has 1 aromatic heterocycles. The lowest BCUT2D eigenvalue weighted by atomic mass is 9.90. The molecule has 5 aromatic rings. The standard InChI is InChI=1S/C35H28Br2N2O5S/c1-4-43-34(41)29-20(2)38-35-39(31(29)30-24-13-9-8-12-23(24)14-15-27(30)42-3)33(40)28(45-35)18-22-16-25(36)32(26(37)17-22)44-19-21-10-6-5-7-11-21/h5-18,31H,4,19H2,1-3H3/b28-18-/t31-/m1/s1. The lowest BCUT2D eigenvalue weighted by Gasteiger charge is -2.27. The van der Waals surface area contributed by atoms with Gasteiger partial charge in [-0.1, -0.05) is 72.0 Å². The smallest absolute Gasteiger partial charge is 0.338 e. The van der Waals surface area contributed by atoms with Gasteiger partial charge in [0.15, 0.2) is 4.80 Å². The lowest BCUT2D eigenvalue weighted by molar-refractivity contribution is -0.139. The van der Waals surface area contributed by atoms with Gasteiger partial charge in [0.25, 0.3) is 5.56 Å². The van der Waals surface area contributed by atoms with Gasteiger partial charge in [0.2, 0.25) is 0 Å².